The summed E-state index contributed by atoms with van der Waals surface area (Å²) in [6.07, 6.45) is 2.92. The zero-order chi connectivity index (χ0) is 22.4. The number of ketones is 1. The lowest BCUT2D eigenvalue weighted by Crippen LogP contribution is -2.20. The maximum absolute atomic E-state index is 14.0. The Kier molecular flexibility index (Phi) is 7.37. The number of carbonyl (C=O) groups is 1. The molecule has 0 radical (unpaired) electrons. The van der Waals surface area contributed by atoms with Crippen molar-refractivity contribution in [2.24, 2.45) is 0 Å². The summed E-state index contributed by atoms with van der Waals surface area (Å²) in [6.45, 7) is 5.19. The number of likely N-dealkylation sites (N-methyl/N-ethyl adjacent to an activating group) is 1. The zero-order valence-electron chi connectivity index (χ0n) is 18.5. The van der Waals surface area contributed by atoms with Gasteiger partial charge in [0.2, 0.25) is 0 Å². The summed E-state index contributed by atoms with van der Waals surface area (Å²) in [5.74, 6) is -0.0131. The summed E-state index contributed by atoms with van der Waals surface area (Å²) in [6, 6.07) is 18.4. The van der Waals surface area contributed by atoms with E-state index >= 15 is 0 Å². The SMILES string of the molecule is Cc1cccc(-c2cc(C)c(OCCN(C)C)c(C(=O)/C=C/c3ccccc3F)c2)c1. The first-order chi connectivity index (χ1) is 14.8. The van der Waals surface area contributed by atoms with Crippen LogP contribution in [0.4, 0.5) is 4.39 Å². The molecular formula is C27H28FNO2. The fraction of sp³-hybridized carbons (Fsp3) is 0.222. The molecule has 0 unspecified atom stereocenters. The summed E-state index contributed by atoms with van der Waals surface area (Å²) in [5.41, 5.74) is 4.87. The number of aryl methyl sites for hydroxylation is 2. The molecule has 0 aliphatic carbocycles. The molecule has 0 bridgehead atoms. The van der Waals surface area contributed by atoms with E-state index < -0.39 is 0 Å². The van der Waals surface area contributed by atoms with Crippen molar-refractivity contribution in [3.63, 3.8) is 0 Å². The molecule has 0 saturated heterocycles. The maximum atomic E-state index is 14.0. The number of benzene rings is 3. The average molecular weight is 418 g/mol. The Morgan fingerprint density at radius 2 is 1.77 bits per heavy atom. The Morgan fingerprint density at radius 3 is 2.48 bits per heavy atom. The van der Waals surface area contributed by atoms with Gasteiger partial charge in [-0.05, 0) is 75.0 Å². The highest BCUT2D eigenvalue weighted by molar-refractivity contribution is 6.09. The second kappa shape index (κ2) is 10.2. The van der Waals surface area contributed by atoms with Crippen LogP contribution in [0.1, 0.15) is 27.0 Å². The Hall–Kier alpha value is -3.24. The Bertz CT molecular complexity index is 1100. The van der Waals surface area contributed by atoms with Gasteiger partial charge in [-0.25, -0.2) is 4.39 Å². The third-order valence-corrected chi connectivity index (χ3v) is 5.00. The molecule has 0 aliphatic rings. The largest absolute Gasteiger partial charge is 0.491 e. The minimum atomic E-state index is -0.362. The van der Waals surface area contributed by atoms with E-state index in [9.17, 15) is 9.18 Å². The van der Waals surface area contributed by atoms with Crippen LogP contribution in [-0.2, 0) is 0 Å². The lowest BCUT2D eigenvalue weighted by molar-refractivity contribution is 0.104. The molecule has 3 nitrogen and oxygen atoms in total. The highest BCUT2D eigenvalue weighted by Gasteiger charge is 2.16. The van der Waals surface area contributed by atoms with Crippen LogP contribution in [-0.4, -0.2) is 37.9 Å². The second-order valence-corrected chi connectivity index (χ2v) is 7.91. The van der Waals surface area contributed by atoms with E-state index in [0.29, 0.717) is 23.5 Å². The summed E-state index contributed by atoms with van der Waals surface area (Å²) in [7, 11) is 3.94. The van der Waals surface area contributed by atoms with Gasteiger partial charge in [-0.15, -0.1) is 0 Å². The van der Waals surface area contributed by atoms with Crippen molar-refractivity contribution in [2.75, 3.05) is 27.2 Å². The van der Waals surface area contributed by atoms with E-state index in [2.05, 4.69) is 6.07 Å². The lowest BCUT2D eigenvalue weighted by atomic mass is 9.96. The van der Waals surface area contributed by atoms with Crippen LogP contribution >= 0.6 is 0 Å². The minimum absolute atomic E-state index is 0.222. The van der Waals surface area contributed by atoms with Crippen LogP contribution in [0.25, 0.3) is 17.2 Å². The Morgan fingerprint density at radius 1 is 1.00 bits per heavy atom. The molecule has 0 spiro atoms. The monoisotopic (exact) mass is 417 g/mol. The molecule has 4 heteroatoms. The van der Waals surface area contributed by atoms with Gasteiger partial charge >= 0.3 is 0 Å². The molecule has 0 heterocycles. The van der Waals surface area contributed by atoms with Crippen LogP contribution in [0.15, 0.2) is 66.7 Å². The fourth-order valence-corrected chi connectivity index (χ4v) is 3.34. The van der Waals surface area contributed by atoms with Gasteiger partial charge in [-0.1, -0.05) is 48.0 Å². The van der Waals surface area contributed by atoms with Crippen LogP contribution in [0.3, 0.4) is 0 Å². The lowest BCUT2D eigenvalue weighted by Gasteiger charge is -2.17. The predicted octanol–water partition coefficient (Wildman–Crippen LogP) is 5.95. The minimum Gasteiger partial charge on any atom is -0.491 e. The van der Waals surface area contributed by atoms with Gasteiger partial charge < -0.3 is 9.64 Å². The van der Waals surface area contributed by atoms with Gasteiger partial charge in [0.05, 0.1) is 5.56 Å². The summed E-state index contributed by atoms with van der Waals surface area (Å²) >= 11 is 0. The number of hydrogen-bond acceptors (Lipinski definition) is 3. The van der Waals surface area contributed by atoms with Gasteiger partial charge in [0.25, 0.3) is 0 Å². The molecule has 0 atom stereocenters. The summed E-state index contributed by atoms with van der Waals surface area (Å²) < 4.78 is 20.0. The van der Waals surface area contributed by atoms with Crippen molar-refractivity contribution >= 4 is 11.9 Å². The molecule has 0 aromatic heterocycles. The van der Waals surface area contributed by atoms with Crippen molar-refractivity contribution < 1.29 is 13.9 Å². The van der Waals surface area contributed by atoms with Gasteiger partial charge in [0.1, 0.15) is 18.2 Å². The average Bonchev–Trinajstić information content (AvgIpc) is 2.73. The summed E-state index contributed by atoms with van der Waals surface area (Å²) in [4.78, 5) is 15.2. The third-order valence-electron chi connectivity index (χ3n) is 5.00. The molecule has 0 amide bonds. The standard InChI is InChI=1S/C27H28FNO2/c1-19-8-7-10-22(16-19)23-17-20(2)27(31-15-14-29(3)4)24(18-23)26(30)13-12-21-9-5-6-11-25(21)28/h5-13,16-18H,14-15H2,1-4H3/b13-12+. The van der Waals surface area contributed by atoms with Crippen LogP contribution < -0.4 is 4.74 Å². The number of rotatable bonds is 8. The Balaban J connectivity index is 2.01. The molecule has 0 saturated carbocycles. The number of hydrogen-bond donors (Lipinski definition) is 0. The van der Waals surface area contributed by atoms with E-state index in [1.807, 2.05) is 63.2 Å². The van der Waals surface area contributed by atoms with Gasteiger partial charge in [0.15, 0.2) is 5.78 Å². The molecule has 31 heavy (non-hydrogen) atoms. The number of carbonyl (C=O) groups excluding carboxylic acids is 1. The quantitative estimate of drug-likeness (QED) is 0.335. The maximum Gasteiger partial charge on any atom is 0.189 e. The van der Waals surface area contributed by atoms with Crippen LogP contribution in [0.5, 0.6) is 5.75 Å². The van der Waals surface area contributed by atoms with E-state index in [0.717, 1.165) is 28.8 Å². The molecule has 3 aromatic carbocycles. The highest BCUT2D eigenvalue weighted by atomic mass is 19.1. The van der Waals surface area contributed by atoms with Gasteiger partial charge in [-0.3, -0.25) is 4.79 Å². The third kappa shape index (κ3) is 5.89. The van der Waals surface area contributed by atoms with E-state index in [-0.39, 0.29) is 11.6 Å². The number of allylic oxidation sites excluding steroid dienone is 1. The first kappa shape index (κ1) is 22.4. The number of ether oxygens (including phenoxy) is 1. The van der Waals surface area contributed by atoms with Crippen molar-refractivity contribution in [3.05, 3.63) is 94.8 Å². The molecule has 3 rings (SSSR count). The van der Waals surface area contributed by atoms with E-state index in [4.69, 9.17) is 4.74 Å². The van der Waals surface area contributed by atoms with Crippen LogP contribution in [0, 0.1) is 19.7 Å². The highest BCUT2D eigenvalue weighted by Crippen LogP contribution is 2.32. The first-order valence-corrected chi connectivity index (χ1v) is 10.3. The molecule has 0 fully saturated rings. The summed E-state index contributed by atoms with van der Waals surface area (Å²) in [5, 5.41) is 0. The predicted molar refractivity (Wildman–Crippen MR) is 125 cm³/mol. The van der Waals surface area contributed by atoms with E-state index in [1.54, 1.807) is 18.2 Å². The van der Waals surface area contributed by atoms with Crippen molar-refractivity contribution in [3.8, 4) is 16.9 Å². The van der Waals surface area contributed by atoms with E-state index in [1.165, 1.54) is 18.2 Å². The molecule has 160 valence electrons. The fourth-order valence-electron chi connectivity index (χ4n) is 3.34. The topological polar surface area (TPSA) is 29.5 Å². The van der Waals surface area contributed by atoms with Gasteiger partial charge in [-0.2, -0.15) is 0 Å². The Labute approximate surface area is 183 Å². The van der Waals surface area contributed by atoms with Crippen molar-refractivity contribution in [1.82, 2.24) is 4.90 Å². The molecule has 0 N–H and O–H groups in total. The van der Waals surface area contributed by atoms with Crippen molar-refractivity contribution in [2.45, 2.75) is 13.8 Å². The number of nitrogens with zero attached hydrogens (tertiary/aromatic N) is 1. The number of halogens is 1. The zero-order valence-corrected chi connectivity index (χ0v) is 18.5. The normalized spacial score (nSPS) is 11.3. The second-order valence-electron chi connectivity index (χ2n) is 7.91. The first-order valence-electron chi connectivity index (χ1n) is 10.3. The molecule has 3 aromatic rings. The molecular weight excluding hydrogens is 389 g/mol. The smallest absolute Gasteiger partial charge is 0.189 e. The van der Waals surface area contributed by atoms with Crippen molar-refractivity contribution in [1.29, 1.82) is 0 Å². The van der Waals surface area contributed by atoms with Gasteiger partial charge in [0, 0.05) is 12.1 Å². The van der Waals surface area contributed by atoms with Crippen LogP contribution in [0.2, 0.25) is 0 Å². The molecule has 0 aliphatic heterocycles.